The molecule has 2 rings (SSSR count). The van der Waals surface area contributed by atoms with Crippen LogP contribution in [0.4, 0.5) is 0 Å². The van der Waals surface area contributed by atoms with Gasteiger partial charge in [0.2, 0.25) is 0 Å². The Morgan fingerprint density at radius 1 is 1.53 bits per heavy atom. The highest BCUT2D eigenvalue weighted by Gasteiger charge is 2.40. The Morgan fingerprint density at radius 2 is 2.21 bits per heavy atom. The number of carboxylic acids is 1. The molecule has 0 saturated heterocycles. The van der Waals surface area contributed by atoms with Gasteiger partial charge < -0.3 is 10.4 Å². The summed E-state index contributed by atoms with van der Waals surface area (Å²) in [4.78, 5) is 27.8. The fourth-order valence-electron chi connectivity index (χ4n) is 2.20. The van der Waals surface area contributed by atoms with Crippen molar-refractivity contribution in [2.45, 2.75) is 51.0 Å². The number of hydrogen-bond acceptors (Lipinski definition) is 4. The maximum atomic E-state index is 12.1. The number of nitrogens with one attached hydrogen (secondary N) is 1. The van der Waals surface area contributed by atoms with E-state index in [9.17, 15) is 9.59 Å². The fourth-order valence-corrected chi connectivity index (χ4v) is 3.02. The summed E-state index contributed by atoms with van der Waals surface area (Å²) in [5.74, 6) is -0.777. The quantitative estimate of drug-likeness (QED) is 0.869. The van der Waals surface area contributed by atoms with Crippen molar-refractivity contribution in [3.63, 3.8) is 0 Å². The molecule has 0 bridgehead atoms. The van der Waals surface area contributed by atoms with Crippen LogP contribution in [0.1, 0.15) is 60.1 Å². The van der Waals surface area contributed by atoms with Crippen molar-refractivity contribution in [1.29, 1.82) is 0 Å². The first-order valence-corrected chi connectivity index (χ1v) is 7.23. The van der Waals surface area contributed by atoms with Gasteiger partial charge in [-0.15, -0.1) is 11.3 Å². The van der Waals surface area contributed by atoms with Gasteiger partial charge >= 0.3 is 5.97 Å². The Labute approximate surface area is 116 Å². The SMILES string of the molecule is CC(C)c1ncc(C(=O)NC2(CC(=O)O)CCC2)s1. The van der Waals surface area contributed by atoms with E-state index in [1.807, 2.05) is 13.8 Å². The molecule has 0 aromatic carbocycles. The number of carbonyl (C=O) groups is 2. The molecule has 1 fully saturated rings. The normalized spacial score (nSPS) is 17.0. The Balaban J connectivity index is 2.05. The zero-order valence-corrected chi connectivity index (χ0v) is 11.9. The van der Waals surface area contributed by atoms with E-state index < -0.39 is 11.5 Å². The van der Waals surface area contributed by atoms with E-state index in [4.69, 9.17) is 5.11 Å². The number of aromatic nitrogens is 1. The van der Waals surface area contributed by atoms with E-state index in [1.54, 1.807) is 6.20 Å². The van der Waals surface area contributed by atoms with Crippen LogP contribution < -0.4 is 5.32 Å². The summed E-state index contributed by atoms with van der Waals surface area (Å²) in [5.41, 5.74) is -0.551. The highest BCUT2D eigenvalue weighted by atomic mass is 32.1. The Morgan fingerprint density at radius 3 is 2.63 bits per heavy atom. The average molecular weight is 282 g/mol. The molecule has 1 saturated carbocycles. The summed E-state index contributed by atoms with van der Waals surface area (Å²) in [7, 11) is 0. The molecule has 2 N–H and O–H groups in total. The monoisotopic (exact) mass is 282 g/mol. The molecule has 0 radical (unpaired) electrons. The summed E-state index contributed by atoms with van der Waals surface area (Å²) in [5, 5.41) is 12.7. The van der Waals surface area contributed by atoms with Crippen molar-refractivity contribution < 1.29 is 14.7 Å². The number of hydrogen-bond donors (Lipinski definition) is 2. The van der Waals surface area contributed by atoms with Crippen LogP contribution in [0.5, 0.6) is 0 Å². The number of carbonyl (C=O) groups excluding carboxylic acids is 1. The Hall–Kier alpha value is -1.43. The van der Waals surface area contributed by atoms with E-state index in [0.717, 1.165) is 24.3 Å². The van der Waals surface area contributed by atoms with Crippen molar-refractivity contribution in [2.75, 3.05) is 0 Å². The molecule has 6 heteroatoms. The van der Waals surface area contributed by atoms with Gasteiger partial charge in [-0.2, -0.15) is 0 Å². The summed E-state index contributed by atoms with van der Waals surface area (Å²) >= 11 is 1.37. The van der Waals surface area contributed by atoms with Crippen LogP contribution in [0, 0.1) is 0 Å². The summed E-state index contributed by atoms with van der Waals surface area (Å²) in [6.07, 6.45) is 4.01. The largest absolute Gasteiger partial charge is 0.481 e. The Kier molecular flexibility index (Phi) is 3.89. The molecule has 1 heterocycles. The molecule has 1 aromatic heterocycles. The van der Waals surface area contributed by atoms with Crippen LogP contribution in [0.15, 0.2) is 6.20 Å². The average Bonchev–Trinajstić information content (AvgIpc) is 2.74. The van der Waals surface area contributed by atoms with Gasteiger partial charge in [0.15, 0.2) is 0 Å². The molecule has 0 aliphatic heterocycles. The molecule has 1 aromatic rings. The Bertz CT molecular complexity index is 492. The minimum atomic E-state index is -0.868. The topological polar surface area (TPSA) is 79.3 Å². The second kappa shape index (κ2) is 5.28. The number of rotatable bonds is 5. The zero-order valence-electron chi connectivity index (χ0n) is 11.1. The molecule has 19 heavy (non-hydrogen) atoms. The maximum absolute atomic E-state index is 12.1. The third kappa shape index (κ3) is 3.12. The first kappa shape index (κ1) is 14.0. The third-order valence-electron chi connectivity index (χ3n) is 3.42. The molecular formula is C13H18N2O3S. The lowest BCUT2D eigenvalue weighted by Crippen LogP contribution is -2.54. The summed E-state index contributed by atoms with van der Waals surface area (Å²) < 4.78 is 0. The van der Waals surface area contributed by atoms with E-state index in [0.29, 0.717) is 10.8 Å². The molecule has 0 spiro atoms. The van der Waals surface area contributed by atoms with Gasteiger partial charge in [0.1, 0.15) is 4.88 Å². The first-order valence-electron chi connectivity index (χ1n) is 6.42. The van der Waals surface area contributed by atoms with E-state index in [2.05, 4.69) is 10.3 Å². The van der Waals surface area contributed by atoms with Crippen LogP contribution in [0.3, 0.4) is 0 Å². The van der Waals surface area contributed by atoms with Crippen molar-refractivity contribution >= 4 is 23.2 Å². The molecule has 0 atom stereocenters. The van der Waals surface area contributed by atoms with Crippen molar-refractivity contribution in [3.8, 4) is 0 Å². The third-order valence-corrected chi connectivity index (χ3v) is 4.72. The maximum Gasteiger partial charge on any atom is 0.305 e. The molecule has 1 amide bonds. The van der Waals surface area contributed by atoms with E-state index in [1.165, 1.54) is 11.3 Å². The van der Waals surface area contributed by atoms with Crippen molar-refractivity contribution in [2.24, 2.45) is 0 Å². The van der Waals surface area contributed by atoms with Gasteiger partial charge in [-0.3, -0.25) is 9.59 Å². The van der Waals surface area contributed by atoms with Crippen LogP contribution in [0.25, 0.3) is 0 Å². The molecule has 0 unspecified atom stereocenters. The lowest BCUT2D eigenvalue weighted by Gasteiger charge is -2.41. The van der Waals surface area contributed by atoms with Gasteiger partial charge in [0.05, 0.1) is 23.2 Å². The fraction of sp³-hybridized carbons (Fsp3) is 0.615. The standard InChI is InChI=1S/C13H18N2O3S/c1-8(2)12-14-7-9(19-12)11(18)15-13(4-3-5-13)6-10(16)17/h7-8H,3-6H2,1-2H3,(H,15,18)(H,16,17). The van der Waals surface area contributed by atoms with Gasteiger partial charge in [-0.05, 0) is 19.3 Å². The molecule has 5 nitrogen and oxygen atoms in total. The first-order chi connectivity index (χ1) is 8.92. The number of amides is 1. The van der Waals surface area contributed by atoms with Crippen LogP contribution in [0.2, 0.25) is 0 Å². The van der Waals surface area contributed by atoms with Gasteiger partial charge in [0, 0.05) is 5.92 Å². The highest BCUT2D eigenvalue weighted by Crippen LogP contribution is 2.35. The van der Waals surface area contributed by atoms with Crippen LogP contribution in [-0.4, -0.2) is 27.5 Å². The van der Waals surface area contributed by atoms with E-state index >= 15 is 0 Å². The predicted molar refractivity (Wildman–Crippen MR) is 72.5 cm³/mol. The molecule has 1 aliphatic carbocycles. The minimum absolute atomic E-state index is 0.00538. The second-order valence-corrected chi connectivity index (χ2v) is 6.44. The van der Waals surface area contributed by atoms with Gasteiger partial charge in [-0.25, -0.2) is 4.98 Å². The number of nitrogens with zero attached hydrogens (tertiary/aromatic N) is 1. The van der Waals surface area contributed by atoms with Gasteiger partial charge in [0.25, 0.3) is 5.91 Å². The molecular weight excluding hydrogens is 264 g/mol. The van der Waals surface area contributed by atoms with E-state index in [-0.39, 0.29) is 12.3 Å². The number of thiazole rings is 1. The van der Waals surface area contributed by atoms with Crippen molar-refractivity contribution in [3.05, 3.63) is 16.1 Å². The molecule has 1 aliphatic rings. The highest BCUT2D eigenvalue weighted by molar-refractivity contribution is 7.13. The lowest BCUT2D eigenvalue weighted by atomic mass is 9.74. The van der Waals surface area contributed by atoms with Crippen LogP contribution in [-0.2, 0) is 4.79 Å². The van der Waals surface area contributed by atoms with Crippen molar-refractivity contribution in [1.82, 2.24) is 10.3 Å². The minimum Gasteiger partial charge on any atom is -0.481 e. The molecule has 104 valence electrons. The van der Waals surface area contributed by atoms with Gasteiger partial charge in [-0.1, -0.05) is 13.8 Å². The summed E-state index contributed by atoms with van der Waals surface area (Å²) in [6, 6.07) is 0. The summed E-state index contributed by atoms with van der Waals surface area (Å²) in [6.45, 7) is 4.05. The smallest absolute Gasteiger partial charge is 0.305 e. The zero-order chi connectivity index (χ0) is 14.0. The van der Waals surface area contributed by atoms with Crippen LogP contribution >= 0.6 is 11.3 Å². The second-order valence-electron chi connectivity index (χ2n) is 5.38. The number of aliphatic carboxylic acids is 1. The number of carboxylic acid groups (broad SMARTS) is 1. The lowest BCUT2D eigenvalue weighted by molar-refractivity contribution is -0.139. The predicted octanol–water partition coefficient (Wildman–Crippen LogP) is 2.39.